The fourth-order valence-corrected chi connectivity index (χ4v) is 2.90. The minimum atomic E-state index is -0.171. The molecule has 0 spiro atoms. The van der Waals surface area contributed by atoms with Crippen molar-refractivity contribution in [2.75, 3.05) is 7.11 Å². The molecular formula is C22H18O5. The maximum absolute atomic E-state index is 12.5. The largest absolute Gasteiger partial charge is 0.496 e. The molecule has 1 aliphatic heterocycles. The third-order valence-electron chi connectivity index (χ3n) is 4.26. The van der Waals surface area contributed by atoms with Gasteiger partial charge in [0.05, 0.1) is 12.7 Å². The maximum Gasteiger partial charge on any atom is 0.232 e. The molecule has 1 aliphatic rings. The van der Waals surface area contributed by atoms with Gasteiger partial charge in [-0.2, -0.15) is 0 Å². The molecule has 3 aromatic rings. The molecule has 27 heavy (non-hydrogen) atoms. The summed E-state index contributed by atoms with van der Waals surface area (Å²) in [5, 5.41) is 0. The quantitative estimate of drug-likeness (QED) is 0.611. The van der Waals surface area contributed by atoms with Crippen molar-refractivity contribution in [3.63, 3.8) is 0 Å². The first-order valence-electron chi connectivity index (χ1n) is 8.53. The van der Waals surface area contributed by atoms with Gasteiger partial charge in [0.25, 0.3) is 0 Å². The van der Waals surface area contributed by atoms with Gasteiger partial charge in [-0.15, -0.1) is 0 Å². The molecular weight excluding hydrogens is 344 g/mol. The van der Waals surface area contributed by atoms with E-state index in [1.165, 1.54) is 0 Å². The molecule has 1 aromatic heterocycles. The van der Waals surface area contributed by atoms with Gasteiger partial charge in [-0.1, -0.05) is 18.2 Å². The maximum atomic E-state index is 12.5. The Morgan fingerprint density at radius 1 is 1.07 bits per heavy atom. The summed E-state index contributed by atoms with van der Waals surface area (Å²) in [6.07, 6.45) is 1.60. The van der Waals surface area contributed by atoms with Crippen LogP contribution in [0.4, 0.5) is 0 Å². The van der Waals surface area contributed by atoms with E-state index in [2.05, 4.69) is 0 Å². The summed E-state index contributed by atoms with van der Waals surface area (Å²) < 4.78 is 22.4. The monoisotopic (exact) mass is 362 g/mol. The summed E-state index contributed by atoms with van der Waals surface area (Å²) in [6, 6.07) is 16.5. The van der Waals surface area contributed by atoms with Crippen molar-refractivity contribution in [2.24, 2.45) is 0 Å². The van der Waals surface area contributed by atoms with Crippen molar-refractivity contribution in [3.8, 4) is 17.2 Å². The van der Waals surface area contributed by atoms with Crippen molar-refractivity contribution >= 4 is 11.9 Å². The van der Waals surface area contributed by atoms with Gasteiger partial charge in [0.1, 0.15) is 35.4 Å². The lowest BCUT2D eigenvalue weighted by Crippen LogP contribution is -1.98. The number of carbonyl (C=O) groups is 1. The topological polar surface area (TPSA) is 57.9 Å². The first kappa shape index (κ1) is 17.0. The second-order valence-electron chi connectivity index (χ2n) is 6.15. The van der Waals surface area contributed by atoms with Crippen molar-refractivity contribution < 1.29 is 23.4 Å². The van der Waals surface area contributed by atoms with Gasteiger partial charge in [-0.25, -0.2) is 0 Å². The molecule has 0 N–H and O–H groups in total. The number of aryl methyl sites for hydroxylation is 1. The third-order valence-corrected chi connectivity index (χ3v) is 4.26. The van der Waals surface area contributed by atoms with Crippen LogP contribution < -0.4 is 14.2 Å². The number of furan rings is 1. The van der Waals surface area contributed by atoms with Crippen LogP contribution in [0.15, 0.2) is 64.8 Å². The fourth-order valence-electron chi connectivity index (χ4n) is 2.90. The summed E-state index contributed by atoms with van der Waals surface area (Å²) >= 11 is 0. The number of benzene rings is 2. The number of para-hydroxylation sites is 1. The van der Waals surface area contributed by atoms with Gasteiger partial charge < -0.3 is 18.6 Å². The summed E-state index contributed by atoms with van der Waals surface area (Å²) in [5.41, 5.74) is 1.44. The highest BCUT2D eigenvalue weighted by Gasteiger charge is 2.28. The summed E-state index contributed by atoms with van der Waals surface area (Å²) in [6.45, 7) is 2.20. The van der Waals surface area contributed by atoms with Crippen LogP contribution in [0.1, 0.15) is 27.4 Å². The number of ketones is 1. The van der Waals surface area contributed by atoms with Crippen molar-refractivity contribution in [1.29, 1.82) is 0 Å². The van der Waals surface area contributed by atoms with Crippen LogP contribution in [0, 0.1) is 6.92 Å². The molecule has 0 unspecified atom stereocenters. The van der Waals surface area contributed by atoms with E-state index < -0.39 is 0 Å². The average Bonchev–Trinajstić information content (AvgIpc) is 3.23. The zero-order chi connectivity index (χ0) is 18.8. The summed E-state index contributed by atoms with van der Waals surface area (Å²) in [7, 11) is 1.63. The summed E-state index contributed by atoms with van der Waals surface area (Å²) in [5.74, 6) is 3.28. The van der Waals surface area contributed by atoms with Crippen LogP contribution in [0.5, 0.6) is 17.2 Å². The molecule has 0 amide bonds. The third kappa shape index (κ3) is 3.44. The molecule has 0 bridgehead atoms. The Labute approximate surface area is 156 Å². The number of ether oxygens (including phenoxy) is 3. The van der Waals surface area contributed by atoms with Gasteiger partial charge in [-0.05, 0) is 37.3 Å². The van der Waals surface area contributed by atoms with Gasteiger partial charge in [0.2, 0.25) is 5.78 Å². The molecule has 5 heteroatoms. The highest BCUT2D eigenvalue weighted by Crippen LogP contribution is 2.35. The second-order valence-corrected chi connectivity index (χ2v) is 6.15. The number of carbonyl (C=O) groups excluding carboxylic acids is 1. The van der Waals surface area contributed by atoms with E-state index in [-0.39, 0.29) is 11.5 Å². The van der Waals surface area contributed by atoms with E-state index >= 15 is 0 Å². The van der Waals surface area contributed by atoms with Crippen molar-refractivity contribution in [2.45, 2.75) is 13.5 Å². The first-order chi connectivity index (χ1) is 13.1. The molecule has 5 nitrogen and oxygen atoms in total. The Balaban J connectivity index is 1.51. The number of methoxy groups -OCH3 is 1. The van der Waals surface area contributed by atoms with E-state index in [9.17, 15) is 4.79 Å². The minimum absolute atomic E-state index is 0.171. The van der Waals surface area contributed by atoms with Crippen LogP contribution in [-0.2, 0) is 6.61 Å². The Bertz CT molecular complexity index is 1030. The highest BCUT2D eigenvalue weighted by atomic mass is 16.5. The highest BCUT2D eigenvalue weighted by molar-refractivity contribution is 6.14. The average molecular weight is 362 g/mol. The van der Waals surface area contributed by atoms with Gasteiger partial charge in [0, 0.05) is 17.7 Å². The van der Waals surface area contributed by atoms with Gasteiger partial charge in [0.15, 0.2) is 5.76 Å². The number of Topliss-reactive ketones (excluding diaryl/α,β-unsaturated/α-hetero) is 1. The van der Waals surface area contributed by atoms with Gasteiger partial charge in [-0.3, -0.25) is 4.79 Å². The van der Waals surface area contributed by atoms with Crippen LogP contribution >= 0.6 is 0 Å². The molecule has 136 valence electrons. The number of fused-ring (bicyclic) bond motifs is 1. The van der Waals surface area contributed by atoms with E-state index in [1.54, 1.807) is 37.5 Å². The minimum Gasteiger partial charge on any atom is -0.496 e. The fraction of sp³-hybridized carbons (Fsp3) is 0.136. The van der Waals surface area contributed by atoms with E-state index in [1.807, 2.05) is 37.3 Å². The Morgan fingerprint density at radius 3 is 2.70 bits per heavy atom. The Hall–Kier alpha value is -3.47. The number of hydrogen-bond acceptors (Lipinski definition) is 5. The predicted molar refractivity (Wildman–Crippen MR) is 100 cm³/mol. The van der Waals surface area contributed by atoms with E-state index in [0.29, 0.717) is 29.4 Å². The molecule has 0 saturated heterocycles. The smallest absolute Gasteiger partial charge is 0.232 e. The summed E-state index contributed by atoms with van der Waals surface area (Å²) in [4.78, 5) is 12.5. The zero-order valence-corrected chi connectivity index (χ0v) is 15.0. The van der Waals surface area contributed by atoms with Gasteiger partial charge >= 0.3 is 0 Å². The first-order valence-corrected chi connectivity index (χ1v) is 8.53. The van der Waals surface area contributed by atoms with Crippen molar-refractivity contribution in [1.82, 2.24) is 0 Å². The zero-order valence-electron chi connectivity index (χ0n) is 15.0. The standard InChI is InChI=1S/C22H18O5/c1-14-7-8-17(26-14)12-21-22(23)18-10-9-16(11-20(18)27-21)25-13-15-5-3-4-6-19(15)24-2/h3-12H,13H2,1-2H3/b21-12-. The predicted octanol–water partition coefficient (Wildman–Crippen LogP) is 4.79. The Morgan fingerprint density at radius 2 is 1.93 bits per heavy atom. The number of rotatable bonds is 5. The van der Waals surface area contributed by atoms with E-state index in [0.717, 1.165) is 17.1 Å². The molecule has 2 aromatic carbocycles. The normalized spacial score (nSPS) is 14.1. The number of hydrogen-bond donors (Lipinski definition) is 0. The number of allylic oxidation sites excluding steroid dienone is 1. The second kappa shape index (κ2) is 7.03. The lowest BCUT2D eigenvalue weighted by Gasteiger charge is -2.10. The SMILES string of the molecule is COc1ccccc1COc1ccc2c(c1)O/C(=C\c1ccc(C)o1)C2=O. The Kier molecular flexibility index (Phi) is 4.42. The molecule has 0 saturated carbocycles. The molecule has 2 heterocycles. The molecule has 0 radical (unpaired) electrons. The molecule has 0 fully saturated rings. The van der Waals surface area contributed by atoms with Crippen LogP contribution in [-0.4, -0.2) is 12.9 Å². The molecule has 4 rings (SSSR count). The lowest BCUT2D eigenvalue weighted by molar-refractivity contribution is 0.101. The van der Waals surface area contributed by atoms with E-state index in [4.69, 9.17) is 18.6 Å². The van der Waals surface area contributed by atoms with Crippen molar-refractivity contribution in [3.05, 3.63) is 83.0 Å². The molecule has 0 aliphatic carbocycles. The molecule has 0 atom stereocenters. The van der Waals surface area contributed by atoms with Crippen LogP contribution in [0.3, 0.4) is 0 Å². The lowest BCUT2D eigenvalue weighted by atomic mass is 10.1. The van der Waals surface area contributed by atoms with Crippen LogP contribution in [0.25, 0.3) is 6.08 Å². The van der Waals surface area contributed by atoms with Crippen LogP contribution in [0.2, 0.25) is 0 Å².